The lowest BCUT2D eigenvalue weighted by Crippen LogP contribution is -2.51. The van der Waals surface area contributed by atoms with E-state index < -0.39 is 11.5 Å². The maximum atomic E-state index is 12.1. The van der Waals surface area contributed by atoms with Gasteiger partial charge in [-0.05, 0) is 40.2 Å². The molecule has 1 aliphatic rings. The van der Waals surface area contributed by atoms with Crippen molar-refractivity contribution in [2.24, 2.45) is 0 Å². The van der Waals surface area contributed by atoms with Gasteiger partial charge in [0, 0.05) is 32.9 Å². The first-order valence-electron chi connectivity index (χ1n) is 8.64. The van der Waals surface area contributed by atoms with Crippen molar-refractivity contribution in [3.8, 4) is 5.75 Å². The lowest BCUT2D eigenvalue weighted by molar-refractivity contribution is 0.276. The molecule has 3 rings (SSSR count). The number of nitrogens with one attached hydrogen (secondary N) is 1. The van der Waals surface area contributed by atoms with Gasteiger partial charge in [-0.3, -0.25) is 5.10 Å². The van der Waals surface area contributed by atoms with Crippen molar-refractivity contribution in [3.63, 3.8) is 0 Å². The molecule has 1 aliphatic heterocycles. The van der Waals surface area contributed by atoms with Crippen LogP contribution in [0.3, 0.4) is 0 Å². The number of aliphatic hydroxyl groups is 1. The van der Waals surface area contributed by atoms with Crippen molar-refractivity contribution in [3.05, 3.63) is 40.1 Å². The van der Waals surface area contributed by atoms with E-state index in [-0.39, 0.29) is 6.61 Å². The summed E-state index contributed by atoms with van der Waals surface area (Å²) in [7, 11) is 3.65. The second-order valence-electron chi connectivity index (χ2n) is 6.36. The highest BCUT2D eigenvalue weighted by Crippen LogP contribution is 2.24. The number of aromatic amines is 1. The third-order valence-electron chi connectivity index (χ3n) is 4.35. The molecular weight excluding hydrogens is 434 g/mol. The Hall–Kier alpha value is -1.30. The first kappa shape index (κ1) is 20.4. The number of H-pyrrole nitrogens is 1. The molecule has 1 aromatic carbocycles. The molecule has 2 aromatic rings. The zero-order valence-electron chi connectivity index (χ0n) is 15.4. The van der Waals surface area contributed by atoms with Gasteiger partial charge in [-0.25, -0.2) is 0 Å². The summed E-state index contributed by atoms with van der Waals surface area (Å²) in [6.07, 6.45) is 0. The van der Waals surface area contributed by atoms with Crippen LogP contribution in [0.2, 0.25) is 0 Å². The van der Waals surface area contributed by atoms with Gasteiger partial charge in [-0.2, -0.15) is 5.10 Å². The molecule has 1 atom stereocenters. The van der Waals surface area contributed by atoms with Crippen LogP contribution in [0.25, 0.3) is 0 Å². The van der Waals surface area contributed by atoms with E-state index in [1.54, 1.807) is 4.31 Å². The summed E-state index contributed by atoms with van der Waals surface area (Å²) in [5.74, 6) is 0.762. The van der Waals surface area contributed by atoms with Crippen molar-refractivity contribution in [1.82, 2.24) is 18.8 Å². The molecule has 2 N–H and O–H groups in total. The summed E-state index contributed by atoms with van der Waals surface area (Å²) >= 11 is 2.34. The molecule has 0 amide bonds. The summed E-state index contributed by atoms with van der Waals surface area (Å²) in [5, 5.41) is 16.0. The minimum atomic E-state index is -1.06. The molecule has 10 heteroatoms. The van der Waals surface area contributed by atoms with Crippen molar-refractivity contribution in [2.75, 3.05) is 45.2 Å². The van der Waals surface area contributed by atoms with Gasteiger partial charge in [0.2, 0.25) is 0 Å². The Morgan fingerprint density at radius 3 is 2.48 bits per heavy atom. The molecule has 0 bridgehead atoms. The van der Waals surface area contributed by atoms with E-state index in [0.29, 0.717) is 12.3 Å². The second kappa shape index (κ2) is 9.26. The molecule has 2 heterocycles. The Balaban J connectivity index is 1.52. The van der Waals surface area contributed by atoms with Crippen molar-refractivity contribution in [1.29, 1.82) is 0 Å². The van der Waals surface area contributed by atoms with Gasteiger partial charge in [0.05, 0.1) is 29.9 Å². The normalized spacial score (nSPS) is 16.7. The predicted octanol–water partition coefficient (Wildman–Crippen LogP) is 1.51. The number of aliphatic hydroxyl groups excluding tert-OH is 1. The summed E-state index contributed by atoms with van der Waals surface area (Å²) in [4.78, 5) is 2.28. The number of ether oxygens (including phenoxy) is 1. The van der Waals surface area contributed by atoms with Gasteiger partial charge in [0.25, 0.3) is 0 Å². The van der Waals surface area contributed by atoms with Gasteiger partial charge >= 0.3 is 0 Å². The average Bonchev–Trinajstić information content (AvgIpc) is 3.06. The van der Waals surface area contributed by atoms with Crippen LogP contribution >= 0.6 is 15.9 Å². The number of hydrogen-bond donors (Lipinski definition) is 2. The van der Waals surface area contributed by atoms with Gasteiger partial charge in [0.1, 0.15) is 29.6 Å². The molecule has 1 unspecified atom stereocenters. The topological polar surface area (TPSA) is 90.9 Å². The molecule has 8 nitrogen and oxygen atoms in total. The van der Waals surface area contributed by atoms with Crippen molar-refractivity contribution >= 4 is 33.2 Å². The molecule has 0 radical (unpaired) electrons. The number of rotatable bonds is 7. The third kappa shape index (κ3) is 4.95. The van der Waals surface area contributed by atoms with Crippen LogP contribution in [0, 0.1) is 0 Å². The highest BCUT2D eigenvalue weighted by atomic mass is 79.9. The van der Waals surface area contributed by atoms with Gasteiger partial charge < -0.3 is 19.3 Å². The summed E-state index contributed by atoms with van der Waals surface area (Å²) in [6.45, 7) is 3.42. The first-order valence-corrected chi connectivity index (χ1v) is 10.5. The zero-order valence-corrected chi connectivity index (χ0v) is 17.8. The average molecular weight is 458 g/mol. The van der Waals surface area contributed by atoms with E-state index in [2.05, 4.69) is 31.0 Å². The van der Waals surface area contributed by atoms with E-state index in [1.165, 1.54) is 0 Å². The van der Waals surface area contributed by atoms with E-state index in [9.17, 15) is 4.55 Å². The Bertz CT molecular complexity index is 735. The summed E-state index contributed by atoms with van der Waals surface area (Å²) in [6, 6.07) is 7.96. The number of halogens is 1. The van der Waals surface area contributed by atoms with Gasteiger partial charge in [0.15, 0.2) is 0 Å². The second-order valence-corrected chi connectivity index (χ2v) is 8.86. The van der Waals surface area contributed by atoms with E-state index in [0.717, 1.165) is 47.8 Å². The fourth-order valence-electron chi connectivity index (χ4n) is 2.85. The van der Waals surface area contributed by atoms with Gasteiger partial charge in [-0.15, -0.1) is 8.61 Å². The standard InChI is InChI=1S/C17H24BrN5O3S/c1-21(2)27(25)23-9-7-22(8-10-23)13-3-5-14(6-4-13)26-12-16-17(18)15(11-24)19-20-16/h3-6,24H,7-12H2,1-2H3,(H,19,20). The molecule has 0 spiro atoms. The van der Waals surface area contributed by atoms with Crippen LogP contribution in [0.15, 0.2) is 28.7 Å². The molecule has 1 aromatic heterocycles. The Kier molecular flexibility index (Phi) is 7.01. The fourth-order valence-corrected chi connectivity index (χ4v) is 4.20. The summed E-state index contributed by atoms with van der Waals surface area (Å²) in [5.41, 5.74) is 2.48. The maximum absolute atomic E-state index is 12.1. The van der Waals surface area contributed by atoms with Gasteiger partial charge in [-0.1, -0.05) is 0 Å². The minimum Gasteiger partial charge on any atom is -0.578 e. The van der Waals surface area contributed by atoms with Crippen LogP contribution in [0.1, 0.15) is 11.4 Å². The lowest BCUT2D eigenvalue weighted by atomic mass is 10.2. The highest BCUT2D eigenvalue weighted by molar-refractivity contribution is 9.10. The number of piperazine rings is 1. The number of anilines is 1. The molecule has 1 fully saturated rings. The summed E-state index contributed by atoms with van der Waals surface area (Å²) < 4.78 is 22.4. The zero-order chi connectivity index (χ0) is 19.4. The fraction of sp³-hybridized carbons (Fsp3) is 0.471. The maximum Gasteiger partial charge on any atom is 0.140 e. The minimum absolute atomic E-state index is 0.124. The quantitative estimate of drug-likeness (QED) is 0.608. The largest absolute Gasteiger partial charge is 0.578 e. The Labute approximate surface area is 170 Å². The van der Waals surface area contributed by atoms with Crippen LogP contribution in [0.5, 0.6) is 5.75 Å². The van der Waals surface area contributed by atoms with Crippen LogP contribution in [-0.2, 0) is 24.8 Å². The smallest absolute Gasteiger partial charge is 0.140 e. The van der Waals surface area contributed by atoms with E-state index in [4.69, 9.17) is 9.84 Å². The molecule has 27 heavy (non-hydrogen) atoms. The van der Waals surface area contributed by atoms with Crippen LogP contribution in [0.4, 0.5) is 5.69 Å². The number of nitrogens with zero attached hydrogens (tertiary/aromatic N) is 4. The third-order valence-corrected chi connectivity index (χ3v) is 6.72. The first-order chi connectivity index (χ1) is 13.0. The number of hydrogen-bond acceptors (Lipinski definition) is 7. The lowest BCUT2D eigenvalue weighted by Gasteiger charge is -2.36. The number of benzene rings is 1. The Morgan fingerprint density at radius 2 is 1.93 bits per heavy atom. The Morgan fingerprint density at radius 1 is 1.26 bits per heavy atom. The van der Waals surface area contributed by atoms with E-state index >= 15 is 0 Å². The molecular formula is C17H24BrN5O3S. The molecule has 0 aliphatic carbocycles. The predicted molar refractivity (Wildman–Crippen MR) is 109 cm³/mol. The van der Waals surface area contributed by atoms with Crippen molar-refractivity contribution < 1.29 is 14.4 Å². The SMILES string of the molecule is CN(C)[S+]([O-])N1CCN(c2ccc(OCc3[nH]nc(CO)c3Br)cc2)CC1. The van der Waals surface area contributed by atoms with Crippen LogP contribution in [-0.4, -0.2) is 68.7 Å². The highest BCUT2D eigenvalue weighted by Gasteiger charge is 2.27. The van der Waals surface area contributed by atoms with E-state index in [1.807, 2.05) is 42.7 Å². The monoisotopic (exact) mass is 457 g/mol. The molecule has 0 saturated carbocycles. The van der Waals surface area contributed by atoms with Crippen molar-refractivity contribution in [2.45, 2.75) is 13.2 Å². The molecule has 148 valence electrons. The molecule has 1 saturated heterocycles. The number of aromatic nitrogens is 2. The van der Waals surface area contributed by atoms with Crippen LogP contribution < -0.4 is 9.64 Å².